The Bertz CT molecular complexity index is 750. The number of hydrogen-bond donors (Lipinski definition) is 1. The molecule has 0 atom stereocenters. The summed E-state index contributed by atoms with van der Waals surface area (Å²) in [6.07, 6.45) is 10.7. The van der Waals surface area contributed by atoms with Crippen LogP contribution in [0.3, 0.4) is 0 Å². The number of benzene rings is 1. The van der Waals surface area contributed by atoms with Crippen molar-refractivity contribution in [2.75, 3.05) is 7.05 Å². The van der Waals surface area contributed by atoms with Gasteiger partial charge in [0, 0.05) is 0 Å². The van der Waals surface area contributed by atoms with Crippen molar-refractivity contribution >= 4 is 10.0 Å². The maximum atomic E-state index is 12.1. The minimum Gasteiger partial charge on any atom is -0.220 e. The number of hydrogen-bond acceptors (Lipinski definition) is 4. The third-order valence-electron chi connectivity index (χ3n) is 4.54. The predicted octanol–water partition coefficient (Wildman–Crippen LogP) is 2.30. The lowest BCUT2D eigenvalue weighted by atomic mass is 9.84. The molecule has 3 rings (SSSR count). The SMILES string of the molecule is CNS(=O)(=O)c1ccc(CC2CCCCC2)c(-n2ccnn2)c1. The first kappa shape index (κ1) is 16.1. The average molecular weight is 334 g/mol. The van der Waals surface area contributed by atoms with Gasteiger partial charge in [0.2, 0.25) is 10.0 Å². The minimum atomic E-state index is -3.47. The Morgan fingerprint density at radius 3 is 2.70 bits per heavy atom. The second kappa shape index (κ2) is 6.80. The minimum absolute atomic E-state index is 0.248. The largest absolute Gasteiger partial charge is 0.240 e. The molecule has 1 saturated carbocycles. The van der Waals surface area contributed by atoms with Gasteiger partial charge >= 0.3 is 0 Å². The number of sulfonamides is 1. The van der Waals surface area contributed by atoms with E-state index in [4.69, 9.17) is 0 Å². The number of rotatable bonds is 5. The molecule has 0 amide bonds. The van der Waals surface area contributed by atoms with Crippen LogP contribution in [-0.4, -0.2) is 30.5 Å². The van der Waals surface area contributed by atoms with Crippen molar-refractivity contribution in [3.63, 3.8) is 0 Å². The molecule has 1 fully saturated rings. The standard InChI is InChI=1S/C16H22N4O2S/c1-17-23(21,22)15-8-7-14(11-13-5-3-2-4-6-13)16(12-15)20-10-9-18-19-20/h7-10,12-13,17H,2-6,11H2,1H3. The van der Waals surface area contributed by atoms with Gasteiger partial charge < -0.3 is 0 Å². The summed E-state index contributed by atoms with van der Waals surface area (Å²) in [5.41, 5.74) is 1.92. The van der Waals surface area contributed by atoms with Crippen LogP contribution in [0.25, 0.3) is 5.69 Å². The lowest BCUT2D eigenvalue weighted by Gasteiger charge is -2.22. The molecule has 0 unspecified atom stereocenters. The molecule has 1 aromatic heterocycles. The van der Waals surface area contributed by atoms with Gasteiger partial charge in [-0.3, -0.25) is 0 Å². The molecule has 1 aliphatic carbocycles. The highest BCUT2D eigenvalue weighted by Crippen LogP contribution is 2.29. The lowest BCUT2D eigenvalue weighted by Crippen LogP contribution is -2.19. The van der Waals surface area contributed by atoms with E-state index in [9.17, 15) is 8.42 Å². The van der Waals surface area contributed by atoms with Crippen LogP contribution in [0.2, 0.25) is 0 Å². The highest BCUT2D eigenvalue weighted by molar-refractivity contribution is 7.89. The van der Waals surface area contributed by atoms with Gasteiger partial charge in [0.1, 0.15) is 0 Å². The topological polar surface area (TPSA) is 76.9 Å². The summed E-state index contributed by atoms with van der Waals surface area (Å²) in [7, 11) is -2.06. The van der Waals surface area contributed by atoms with Crippen LogP contribution in [0.15, 0.2) is 35.5 Å². The Hall–Kier alpha value is -1.73. The molecule has 1 N–H and O–H groups in total. The number of nitrogens with zero attached hydrogens (tertiary/aromatic N) is 3. The molecule has 23 heavy (non-hydrogen) atoms. The molecule has 124 valence electrons. The molecule has 0 bridgehead atoms. The molecule has 0 aliphatic heterocycles. The van der Waals surface area contributed by atoms with Crippen molar-refractivity contribution in [1.82, 2.24) is 19.7 Å². The number of nitrogens with one attached hydrogen (secondary N) is 1. The van der Waals surface area contributed by atoms with E-state index < -0.39 is 10.0 Å². The Labute approximate surface area is 137 Å². The van der Waals surface area contributed by atoms with Crippen molar-refractivity contribution < 1.29 is 8.42 Å². The van der Waals surface area contributed by atoms with Crippen LogP contribution in [0.5, 0.6) is 0 Å². The van der Waals surface area contributed by atoms with Gasteiger partial charge in [-0.25, -0.2) is 17.8 Å². The third-order valence-corrected chi connectivity index (χ3v) is 5.95. The van der Waals surface area contributed by atoms with E-state index in [0.717, 1.165) is 17.7 Å². The fraction of sp³-hybridized carbons (Fsp3) is 0.500. The molecule has 1 aromatic carbocycles. The number of aromatic nitrogens is 3. The van der Waals surface area contributed by atoms with E-state index in [-0.39, 0.29) is 4.90 Å². The molecular formula is C16H22N4O2S. The van der Waals surface area contributed by atoms with E-state index in [1.54, 1.807) is 29.2 Å². The normalized spacial score (nSPS) is 16.6. The molecule has 7 heteroatoms. The third kappa shape index (κ3) is 3.61. The van der Waals surface area contributed by atoms with Crippen molar-refractivity contribution in [3.8, 4) is 5.69 Å². The summed E-state index contributed by atoms with van der Waals surface area (Å²) < 4.78 is 28.1. The summed E-state index contributed by atoms with van der Waals surface area (Å²) in [5.74, 6) is 0.665. The van der Waals surface area contributed by atoms with Crippen LogP contribution in [0.4, 0.5) is 0 Å². The van der Waals surface area contributed by atoms with Gasteiger partial charge in [0.25, 0.3) is 0 Å². The maximum Gasteiger partial charge on any atom is 0.240 e. The van der Waals surface area contributed by atoms with Crippen LogP contribution >= 0.6 is 0 Å². The highest BCUT2D eigenvalue weighted by Gasteiger charge is 2.19. The summed E-state index contributed by atoms with van der Waals surface area (Å²) in [4.78, 5) is 0.248. The van der Waals surface area contributed by atoms with Gasteiger partial charge in [-0.2, -0.15) is 0 Å². The second-order valence-electron chi connectivity index (χ2n) is 6.05. The highest BCUT2D eigenvalue weighted by atomic mass is 32.2. The summed E-state index contributed by atoms with van der Waals surface area (Å²) in [5, 5.41) is 7.89. The predicted molar refractivity (Wildman–Crippen MR) is 87.9 cm³/mol. The maximum absolute atomic E-state index is 12.1. The zero-order chi connectivity index (χ0) is 16.3. The van der Waals surface area contributed by atoms with Crippen molar-refractivity contribution in [3.05, 3.63) is 36.2 Å². The first-order valence-electron chi connectivity index (χ1n) is 8.03. The zero-order valence-electron chi connectivity index (χ0n) is 13.3. The van der Waals surface area contributed by atoms with Crippen LogP contribution in [0, 0.1) is 5.92 Å². The Morgan fingerprint density at radius 2 is 2.04 bits per heavy atom. The van der Waals surface area contributed by atoms with Gasteiger partial charge in [-0.15, -0.1) is 5.10 Å². The van der Waals surface area contributed by atoms with E-state index in [2.05, 4.69) is 15.0 Å². The van der Waals surface area contributed by atoms with E-state index in [0.29, 0.717) is 5.92 Å². The lowest BCUT2D eigenvalue weighted by molar-refractivity contribution is 0.356. The van der Waals surface area contributed by atoms with Gasteiger partial charge in [0.15, 0.2) is 0 Å². The summed E-state index contributed by atoms with van der Waals surface area (Å²) >= 11 is 0. The first-order valence-corrected chi connectivity index (χ1v) is 9.51. The molecule has 0 radical (unpaired) electrons. The fourth-order valence-corrected chi connectivity index (χ4v) is 4.00. The smallest absolute Gasteiger partial charge is 0.220 e. The van der Waals surface area contributed by atoms with Gasteiger partial charge in [-0.1, -0.05) is 43.4 Å². The monoisotopic (exact) mass is 334 g/mol. The first-order chi connectivity index (χ1) is 11.1. The van der Waals surface area contributed by atoms with Crippen molar-refractivity contribution in [2.24, 2.45) is 5.92 Å². The van der Waals surface area contributed by atoms with E-state index in [1.165, 1.54) is 39.2 Å². The van der Waals surface area contributed by atoms with E-state index >= 15 is 0 Å². The summed E-state index contributed by atoms with van der Waals surface area (Å²) in [6, 6.07) is 5.26. The van der Waals surface area contributed by atoms with Gasteiger partial charge in [0.05, 0.1) is 23.0 Å². The van der Waals surface area contributed by atoms with Crippen LogP contribution in [-0.2, 0) is 16.4 Å². The van der Waals surface area contributed by atoms with Crippen LogP contribution < -0.4 is 4.72 Å². The Balaban J connectivity index is 1.98. The quantitative estimate of drug-likeness (QED) is 0.910. The fourth-order valence-electron chi connectivity index (χ4n) is 3.25. The molecule has 1 heterocycles. The molecule has 2 aromatic rings. The molecule has 0 spiro atoms. The molecular weight excluding hydrogens is 312 g/mol. The van der Waals surface area contributed by atoms with E-state index in [1.807, 2.05) is 6.07 Å². The summed E-state index contributed by atoms with van der Waals surface area (Å²) in [6.45, 7) is 0. The van der Waals surface area contributed by atoms with Gasteiger partial charge in [-0.05, 0) is 37.1 Å². The molecule has 1 aliphatic rings. The van der Waals surface area contributed by atoms with Crippen molar-refractivity contribution in [2.45, 2.75) is 43.4 Å². The molecule has 0 saturated heterocycles. The molecule has 6 nitrogen and oxygen atoms in total. The zero-order valence-corrected chi connectivity index (χ0v) is 14.1. The Kier molecular flexibility index (Phi) is 4.77. The average Bonchev–Trinajstić information content (AvgIpc) is 3.10. The Morgan fingerprint density at radius 1 is 1.26 bits per heavy atom. The van der Waals surface area contributed by atoms with Crippen LogP contribution in [0.1, 0.15) is 37.7 Å². The van der Waals surface area contributed by atoms with Crippen molar-refractivity contribution in [1.29, 1.82) is 0 Å². The second-order valence-corrected chi connectivity index (χ2v) is 7.94.